The Kier molecular flexibility index (Phi) is 5.41. The molecule has 5 nitrogen and oxygen atoms in total. The Morgan fingerprint density at radius 2 is 2.04 bits per heavy atom. The van der Waals surface area contributed by atoms with Gasteiger partial charge in [-0.3, -0.25) is 0 Å². The van der Waals surface area contributed by atoms with Gasteiger partial charge in [0.1, 0.15) is 0 Å². The van der Waals surface area contributed by atoms with E-state index < -0.39 is 10.0 Å². The summed E-state index contributed by atoms with van der Waals surface area (Å²) in [5.41, 5.74) is 3.60. The predicted octanol–water partition coefficient (Wildman–Crippen LogP) is 1.85. The van der Waals surface area contributed by atoms with Crippen LogP contribution >= 0.6 is 12.4 Å². The summed E-state index contributed by atoms with van der Waals surface area (Å²) in [7, 11) is 0.804. The summed E-state index contributed by atoms with van der Waals surface area (Å²) in [5.74, 6) is 0.550. The summed E-state index contributed by atoms with van der Waals surface area (Å²) in [6.45, 7) is 2.21. The summed E-state index contributed by atoms with van der Waals surface area (Å²) in [6.07, 6.45) is 3.86. The number of likely N-dealkylation sites (tertiary alicyclic amines) is 1. The van der Waals surface area contributed by atoms with E-state index >= 15 is 0 Å². The number of benzene rings is 1. The number of halogens is 1. The number of hydrogen-bond acceptors (Lipinski definition) is 3. The van der Waals surface area contributed by atoms with Crippen molar-refractivity contribution in [3.8, 4) is 0 Å². The molecule has 1 unspecified atom stereocenters. The standard InChI is InChI=1S/C16H23N3O2S.ClH/c1-18-7-5-13(10-18)15-11-19(2)16-4-3-12(9-14(15)16)6-8-22(17,20)21;/h3-4,9,11,13H,5-8,10H2,1-2H3,(H2,17,20,21);1H. The molecular formula is C16H24ClN3O2S. The first-order chi connectivity index (χ1) is 10.3. The van der Waals surface area contributed by atoms with Crippen molar-refractivity contribution < 1.29 is 8.42 Å². The van der Waals surface area contributed by atoms with Crippen LogP contribution in [0.1, 0.15) is 23.5 Å². The van der Waals surface area contributed by atoms with Crippen LogP contribution in [0.25, 0.3) is 10.9 Å². The van der Waals surface area contributed by atoms with E-state index in [0.29, 0.717) is 12.3 Å². The SMILES string of the molecule is CN1CCC(c2cn(C)c3ccc(CCS(N)(=O)=O)cc23)C1.Cl. The lowest BCUT2D eigenvalue weighted by Crippen LogP contribution is -2.17. The number of fused-ring (bicyclic) bond motifs is 1. The van der Waals surface area contributed by atoms with Crippen molar-refractivity contribution in [3.63, 3.8) is 0 Å². The molecule has 3 rings (SSSR count). The Hall–Kier alpha value is -1.08. The first-order valence-electron chi connectivity index (χ1n) is 7.60. The topological polar surface area (TPSA) is 68.3 Å². The second kappa shape index (κ2) is 6.81. The highest BCUT2D eigenvalue weighted by Gasteiger charge is 2.24. The van der Waals surface area contributed by atoms with Crippen LogP contribution in [0.5, 0.6) is 0 Å². The summed E-state index contributed by atoms with van der Waals surface area (Å²) >= 11 is 0. The Labute approximate surface area is 143 Å². The van der Waals surface area contributed by atoms with Crippen LogP contribution in [0.15, 0.2) is 24.4 Å². The highest BCUT2D eigenvalue weighted by molar-refractivity contribution is 7.89. The molecule has 1 aliphatic rings. The van der Waals surface area contributed by atoms with Crippen molar-refractivity contribution in [1.29, 1.82) is 0 Å². The molecule has 0 bridgehead atoms. The molecule has 1 aromatic heterocycles. The van der Waals surface area contributed by atoms with Crippen molar-refractivity contribution in [1.82, 2.24) is 9.47 Å². The summed E-state index contributed by atoms with van der Waals surface area (Å²) in [5, 5.41) is 6.35. The van der Waals surface area contributed by atoms with E-state index in [2.05, 4.69) is 41.9 Å². The zero-order valence-corrected chi connectivity index (χ0v) is 15.2. The maximum atomic E-state index is 11.2. The average Bonchev–Trinajstić information content (AvgIpc) is 3.00. The van der Waals surface area contributed by atoms with Gasteiger partial charge in [-0.15, -0.1) is 12.4 Å². The lowest BCUT2D eigenvalue weighted by molar-refractivity contribution is 0.412. The molecule has 1 aliphatic heterocycles. The van der Waals surface area contributed by atoms with E-state index in [1.807, 2.05) is 6.07 Å². The lowest BCUT2D eigenvalue weighted by atomic mass is 9.96. The van der Waals surface area contributed by atoms with Crippen LogP contribution in [0.2, 0.25) is 0 Å². The van der Waals surface area contributed by atoms with Gasteiger partial charge >= 0.3 is 0 Å². The minimum absolute atomic E-state index is 0. The molecule has 1 fully saturated rings. The van der Waals surface area contributed by atoms with Crippen molar-refractivity contribution in [2.45, 2.75) is 18.8 Å². The number of hydrogen-bond donors (Lipinski definition) is 1. The molecule has 23 heavy (non-hydrogen) atoms. The smallest absolute Gasteiger partial charge is 0.209 e. The van der Waals surface area contributed by atoms with Gasteiger partial charge in [-0.25, -0.2) is 13.6 Å². The van der Waals surface area contributed by atoms with Crippen LogP contribution < -0.4 is 5.14 Å². The van der Waals surface area contributed by atoms with Gasteiger partial charge in [-0.2, -0.15) is 0 Å². The maximum absolute atomic E-state index is 11.2. The molecule has 0 amide bonds. The van der Waals surface area contributed by atoms with Crippen LogP contribution in [0.3, 0.4) is 0 Å². The zero-order valence-electron chi connectivity index (χ0n) is 13.5. The van der Waals surface area contributed by atoms with Gasteiger partial charge in [0.25, 0.3) is 0 Å². The molecule has 0 radical (unpaired) electrons. The van der Waals surface area contributed by atoms with E-state index in [4.69, 9.17) is 5.14 Å². The van der Waals surface area contributed by atoms with Crippen LogP contribution in [-0.2, 0) is 23.5 Å². The number of aromatic nitrogens is 1. The fourth-order valence-corrected chi connectivity index (χ4v) is 3.92. The van der Waals surface area contributed by atoms with E-state index in [-0.39, 0.29) is 18.2 Å². The van der Waals surface area contributed by atoms with Gasteiger partial charge in [-0.05, 0) is 55.6 Å². The molecular weight excluding hydrogens is 334 g/mol. The first-order valence-corrected chi connectivity index (χ1v) is 9.32. The third-order valence-electron chi connectivity index (χ3n) is 4.59. The highest BCUT2D eigenvalue weighted by Crippen LogP contribution is 2.33. The van der Waals surface area contributed by atoms with Gasteiger partial charge < -0.3 is 9.47 Å². The second-order valence-electron chi connectivity index (χ2n) is 6.41. The quantitative estimate of drug-likeness (QED) is 0.907. The summed E-state index contributed by atoms with van der Waals surface area (Å²) in [4.78, 5) is 2.36. The zero-order chi connectivity index (χ0) is 15.9. The van der Waals surface area contributed by atoms with E-state index in [9.17, 15) is 8.42 Å². The Morgan fingerprint density at radius 1 is 1.30 bits per heavy atom. The fraction of sp³-hybridized carbons (Fsp3) is 0.500. The second-order valence-corrected chi connectivity index (χ2v) is 8.15. The number of nitrogens with two attached hydrogens (primary N) is 1. The number of nitrogens with zero attached hydrogens (tertiary/aromatic N) is 2. The Balaban J connectivity index is 0.00000192. The number of sulfonamides is 1. The minimum atomic E-state index is -3.42. The molecule has 2 heterocycles. The largest absolute Gasteiger partial charge is 0.350 e. The molecule has 2 N–H and O–H groups in total. The number of primary sulfonamides is 1. The molecule has 128 valence electrons. The lowest BCUT2D eigenvalue weighted by Gasteiger charge is -2.10. The van der Waals surface area contributed by atoms with Crippen LogP contribution in [0.4, 0.5) is 0 Å². The molecule has 1 aromatic carbocycles. The van der Waals surface area contributed by atoms with Gasteiger partial charge in [0, 0.05) is 30.7 Å². The third-order valence-corrected chi connectivity index (χ3v) is 5.36. The van der Waals surface area contributed by atoms with Gasteiger partial charge in [-0.1, -0.05) is 6.07 Å². The number of aryl methyl sites for hydroxylation is 2. The highest BCUT2D eigenvalue weighted by atomic mass is 35.5. The third kappa shape index (κ3) is 4.07. The van der Waals surface area contributed by atoms with Crippen molar-refractivity contribution in [2.24, 2.45) is 12.2 Å². The molecule has 1 atom stereocenters. The molecule has 0 saturated carbocycles. The van der Waals surface area contributed by atoms with Crippen molar-refractivity contribution in [3.05, 3.63) is 35.5 Å². The summed E-state index contributed by atoms with van der Waals surface area (Å²) in [6, 6.07) is 6.21. The Bertz CT molecular complexity index is 801. The molecule has 2 aromatic rings. The average molecular weight is 358 g/mol. The van der Waals surface area contributed by atoms with E-state index in [0.717, 1.165) is 18.7 Å². The monoisotopic (exact) mass is 357 g/mol. The van der Waals surface area contributed by atoms with Crippen LogP contribution in [0, 0.1) is 0 Å². The normalized spacial score (nSPS) is 19.2. The molecule has 0 spiro atoms. The number of rotatable bonds is 4. The summed E-state index contributed by atoms with van der Waals surface area (Å²) < 4.78 is 24.5. The Morgan fingerprint density at radius 3 is 2.65 bits per heavy atom. The van der Waals surface area contributed by atoms with Crippen molar-refractivity contribution >= 4 is 33.3 Å². The van der Waals surface area contributed by atoms with Gasteiger partial charge in [0.15, 0.2) is 0 Å². The van der Waals surface area contributed by atoms with Crippen molar-refractivity contribution in [2.75, 3.05) is 25.9 Å². The van der Waals surface area contributed by atoms with E-state index in [1.54, 1.807) is 0 Å². The molecule has 7 heteroatoms. The van der Waals surface area contributed by atoms with E-state index in [1.165, 1.54) is 22.9 Å². The molecule has 0 aliphatic carbocycles. The predicted molar refractivity (Wildman–Crippen MR) is 96.7 cm³/mol. The number of likely N-dealkylation sites (N-methyl/N-ethyl adjacent to an activating group) is 1. The minimum Gasteiger partial charge on any atom is -0.350 e. The fourth-order valence-electron chi connectivity index (χ4n) is 3.40. The van der Waals surface area contributed by atoms with Crippen LogP contribution in [-0.4, -0.2) is 43.8 Å². The maximum Gasteiger partial charge on any atom is 0.209 e. The van der Waals surface area contributed by atoms with Gasteiger partial charge in [0.2, 0.25) is 10.0 Å². The molecule has 1 saturated heterocycles. The first kappa shape index (κ1) is 18.3. The van der Waals surface area contributed by atoms with Gasteiger partial charge in [0.05, 0.1) is 5.75 Å².